The second kappa shape index (κ2) is 7.22. The van der Waals surface area contributed by atoms with Gasteiger partial charge in [0.05, 0.1) is 6.42 Å². The lowest BCUT2D eigenvalue weighted by molar-refractivity contribution is -0.138. The first-order valence-electron chi connectivity index (χ1n) is 5.63. The second-order valence-electron chi connectivity index (χ2n) is 4.39. The molecule has 0 aromatic heterocycles. The number of amides is 1. The topological polar surface area (TPSA) is 92.4 Å². The molecule has 1 amide bonds. The number of aliphatic carboxylic acids is 1. The first kappa shape index (κ1) is 14.9. The summed E-state index contributed by atoms with van der Waals surface area (Å²) in [7, 11) is 0. The lowest BCUT2D eigenvalue weighted by Gasteiger charge is -2.21. The Hall–Kier alpha value is -1.10. The zero-order valence-electron chi connectivity index (χ0n) is 10.2. The quantitative estimate of drug-likeness (QED) is 0.601. The van der Waals surface area contributed by atoms with Crippen molar-refractivity contribution in [2.45, 2.75) is 52.1 Å². The summed E-state index contributed by atoms with van der Waals surface area (Å²) in [5.41, 5.74) is 5.65. The molecule has 2 unspecified atom stereocenters. The van der Waals surface area contributed by atoms with Crippen molar-refractivity contribution < 1.29 is 14.7 Å². The molecule has 0 rings (SSSR count). The number of carboxylic acids is 1. The Morgan fingerprint density at radius 3 is 2.25 bits per heavy atom. The van der Waals surface area contributed by atoms with E-state index in [-0.39, 0.29) is 36.8 Å². The fourth-order valence-corrected chi connectivity index (χ4v) is 1.29. The van der Waals surface area contributed by atoms with Crippen molar-refractivity contribution in [2.75, 3.05) is 0 Å². The van der Waals surface area contributed by atoms with Gasteiger partial charge >= 0.3 is 5.97 Å². The van der Waals surface area contributed by atoms with E-state index in [4.69, 9.17) is 10.8 Å². The number of carboxylic acid groups (broad SMARTS) is 1. The maximum atomic E-state index is 11.5. The van der Waals surface area contributed by atoms with Crippen molar-refractivity contribution >= 4 is 11.9 Å². The van der Waals surface area contributed by atoms with Gasteiger partial charge in [-0.1, -0.05) is 20.8 Å². The minimum absolute atomic E-state index is 0.0508. The Kier molecular flexibility index (Phi) is 6.72. The van der Waals surface area contributed by atoms with Gasteiger partial charge in [0, 0.05) is 18.5 Å². The molecule has 16 heavy (non-hydrogen) atoms. The summed E-state index contributed by atoms with van der Waals surface area (Å²) >= 11 is 0. The van der Waals surface area contributed by atoms with Gasteiger partial charge < -0.3 is 16.2 Å². The Balaban J connectivity index is 4.18. The van der Waals surface area contributed by atoms with Crippen LogP contribution in [0.3, 0.4) is 0 Å². The maximum absolute atomic E-state index is 11.5. The minimum atomic E-state index is -0.904. The van der Waals surface area contributed by atoms with Crippen LogP contribution in [0, 0.1) is 5.92 Å². The van der Waals surface area contributed by atoms with Crippen LogP contribution in [-0.4, -0.2) is 29.1 Å². The summed E-state index contributed by atoms with van der Waals surface area (Å²) in [6.45, 7) is 5.68. The first-order chi connectivity index (χ1) is 7.36. The minimum Gasteiger partial charge on any atom is -0.481 e. The van der Waals surface area contributed by atoms with E-state index in [0.717, 1.165) is 6.42 Å². The van der Waals surface area contributed by atoms with Crippen LogP contribution >= 0.6 is 0 Å². The number of rotatable bonds is 7. The maximum Gasteiger partial charge on any atom is 0.305 e. The van der Waals surface area contributed by atoms with E-state index < -0.39 is 5.97 Å². The molecule has 0 heterocycles. The van der Waals surface area contributed by atoms with Crippen LogP contribution in [-0.2, 0) is 9.59 Å². The molecule has 0 aromatic carbocycles. The van der Waals surface area contributed by atoms with Crippen molar-refractivity contribution in [1.82, 2.24) is 5.32 Å². The third kappa shape index (κ3) is 6.40. The number of hydrogen-bond acceptors (Lipinski definition) is 3. The Morgan fingerprint density at radius 2 is 1.88 bits per heavy atom. The second-order valence-corrected chi connectivity index (χ2v) is 4.39. The predicted octanol–water partition coefficient (Wildman–Crippen LogP) is 0.729. The smallest absolute Gasteiger partial charge is 0.305 e. The van der Waals surface area contributed by atoms with Gasteiger partial charge in [-0.15, -0.1) is 0 Å². The Labute approximate surface area is 96.4 Å². The van der Waals surface area contributed by atoms with Gasteiger partial charge in [0.25, 0.3) is 0 Å². The zero-order chi connectivity index (χ0) is 12.7. The fraction of sp³-hybridized carbons (Fsp3) is 0.818. The summed E-state index contributed by atoms with van der Waals surface area (Å²) < 4.78 is 0. The molecule has 0 aliphatic carbocycles. The molecule has 5 heteroatoms. The molecule has 5 nitrogen and oxygen atoms in total. The molecule has 0 aliphatic heterocycles. The van der Waals surface area contributed by atoms with Gasteiger partial charge in [-0.05, 0) is 12.3 Å². The van der Waals surface area contributed by atoms with Crippen LogP contribution in [0.1, 0.15) is 40.0 Å². The highest BCUT2D eigenvalue weighted by molar-refractivity contribution is 5.78. The summed E-state index contributed by atoms with van der Waals surface area (Å²) in [6.07, 6.45) is 0.933. The summed E-state index contributed by atoms with van der Waals surface area (Å²) in [5.74, 6) is -0.981. The van der Waals surface area contributed by atoms with E-state index in [1.807, 2.05) is 20.8 Å². The third-order valence-electron chi connectivity index (χ3n) is 2.52. The fourth-order valence-electron chi connectivity index (χ4n) is 1.29. The molecule has 0 bridgehead atoms. The Bertz CT molecular complexity index is 241. The van der Waals surface area contributed by atoms with Crippen LogP contribution in [0.25, 0.3) is 0 Å². The highest BCUT2D eigenvalue weighted by atomic mass is 16.4. The van der Waals surface area contributed by atoms with Gasteiger partial charge in [-0.25, -0.2) is 0 Å². The van der Waals surface area contributed by atoms with Crippen molar-refractivity contribution in [3.63, 3.8) is 0 Å². The van der Waals surface area contributed by atoms with E-state index in [2.05, 4.69) is 5.32 Å². The molecule has 94 valence electrons. The summed E-state index contributed by atoms with van der Waals surface area (Å²) in [4.78, 5) is 22.1. The first-order valence-corrected chi connectivity index (χ1v) is 5.63. The van der Waals surface area contributed by atoms with Crippen molar-refractivity contribution in [2.24, 2.45) is 11.7 Å². The molecule has 0 saturated heterocycles. The summed E-state index contributed by atoms with van der Waals surface area (Å²) in [5, 5.41) is 11.4. The van der Waals surface area contributed by atoms with E-state index >= 15 is 0 Å². The molecule has 0 radical (unpaired) electrons. The van der Waals surface area contributed by atoms with Crippen LogP contribution in [0.5, 0.6) is 0 Å². The van der Waals surface area contributed by atoms with E-state index in [1.165, 1.54) is 0 Å². The molecule has 0 aliphatic rings. The van der Waals surface area contributed by atoms with Crippen molar-refractivity contribution in [3.05, 3.63) is 0 Å². The molecular weight excluding hydrogens is 208 g/mol. The van der Waals surface area contributed by atoms with E-state index in [0.29, 0.717) is 0 Å². The molecule has 2 atom stereocenters. The molecule has 0 spiro atoms. The van der Waals surface area contributed by atoms with Crippen LogP contribution < -0.4 is 11.1 Å². The van der Waals surface area contributed by atoms with Crippen LogP contribution in [0.2, 0.25) is 0 Å². The molecule has 0 aromatic rings. The largest absolute Gasteiger partial charge is 0.481 e. The molecule has 0 fully saturated rings. The standard InChI is InChI=1S/C11H22N2O3/c1-4-8(12)5-10(14)13-9(7(2)3)6-11(15)16/h7-9H,4-6,12H2,1-3H3,(H,13,14)(H,15,16). The summed E-state index contributed by atoms with van der Waals surface area (Å²) in [6, 6.07) is -0.480. The number of nitrogens with one attached hydrogen (secondary N) is 1. The predicted molar refractivity (Wildman–Crippen MR) is 61.9 cm³/mol. The molecule has 0 saturated carbocycles. The highest BCUT2D eigenvalue weighted by Crippen LogP contribution is 2.07. The van der Waals surface area contributed by atoms with Crippen LogP contribution in [0.4, 0.5) is 0 Å². The monoisotopic (exact) mass is 230 g/mol. The SMILES string of the molecule is CCC(N)CC(=O)NC(CC(=O)O)C(C)C. The van der Waals surface area contributed by atoms with Gasteiger partial charge in [0.2, 0.25) is 5.91 Å². The average Bonchev–Trinajstić information content (AvgIpc) is 2.15. The number of hydrogen-bond donors (Lipinski definition) is 3. The molecular formula is C11H22N2O3. The molecule has 4 N–H and O–H groups in total. The van der Waals surface area contributed by atoms with Crippen LogP contribution in [0.15, 0.2) is 0 Å². The van der Waals surface area contributed by atoms with E-state index in [9.17, 15) is 9.59 Å². The number of nitrogens with two attached hydrogens (primary N) is 1. The number of carbonyl (C=O) groups excluding carboxylic acids is 1. The van der Waals surface area contributed by atoms with E-state index in [1.54, 1.807) is 0 Å². The van der Waals surface area contributed by atoms with Crippen molar-refractivity contribution in [1.29, 1.82) is 0 Å². The lowest BCUT2D eigenvalue weighted by atomic mass is 10.0. The normalized spacial score (nSPS) is 14.6. The van der Waals surface area contributed by atoms with Gasteiger partial charge in [-0.3, -0.25) is 9.59 Å². The Morgan fingerprint density at radius 1 is 1.31 bits per heavy atom. The third-order valence-corrected chi connectivity index (χ3v) is 2.52. The van der Waals surface area contributed by atoms with Crippen molar-refractivity contribution in [3.8, 4) is 0 Å². The zero-order valence-corrected chi connectivity index (χ0v) is 10.2. The van der Waals surface area contributed by atoms with Gasteiger partial charge in [0.15, 0.2) is 0 Å². The lowest BCUT2D eigenvalue weighted by Crippen LogP contribution is -2.42. The highest BCUT2D eigenvalue weighted by Gasteiger charge is 2.19. The number of carbonyl (C=O) groups is 2. The van der Waals surface area contributed by atoms with Gasteiger partial charge in [-0.2, -0.15) is 0 Å². The van der Waals surface area contributed by atoms with Gasteiger partial charge in [0.1, 0.15) is 0 Å². The average molecular weight is 230 g/mol.